The maximum atomic E-state index is 13.7. The van der Waals surface area contributed by atoms with Crippen molar-refractivity contribution >= 4 is 11.7 Å². The number of anilines is 1. The first-order valence-corrected chi connectivity index (χ1v) is 8.66. The molecule has 0 aliphatic carbocycles. The Kier molecular flexibility index (Phi) is 5.26. The smallest absolute Gasteiger partial charge is 0.253 e. The van der Waals surface area contributed by atoms with Crippen LogP contribution in [0.5, 0.6) is 0 Å². The summed E-state index contributed by atoms with van der Waals surface area (Å²) < 4.78 is 13.7. The molecule has 5 nitrogen and oxygen atoms in total. The number of carbonyl (C=O) groups is 1. The van der Waals surface area contributed by atoms with Gasteiger partial charge < -0.3 is 9.80 Å². The van der Waals surface area contributed by atoms with E-state index in [1.807, 2.05) is 17.0 Å². The summed E-state index contributed by atoms with van der Waals surface area (Å²) in [6.45, 7) is 1.65. The first-order chi connectivity index (χ1) is 12.1. The Morgan fingerprint density at radius 2 is 1.72 bits per heavy atom. The molecule has 0 radical (unpaired) electrons. The van der Waals surface area contributed by atoms with Gasteiger partial charge in [0, 0.05) is 38.3 Å². The first-order valence-electron chi connectivity index (χ1n) is 8.66. The molecule has 3 rings (SSSR count). The van der Waals surface area contributed by atoms with Gasteiger partial charge in [0.2, 0.25) is 0 Å². The lowest BCUT2D eigenvalue weighted by atomic mass is 10.1. The van der Waals surface area contributed by atoms with Crippen molar-refractivity contribution in [1.82, 2.24) is 14.9 Å². The lowest BCUT2D eigenvalue weighted by Crippen LogP contribution is -2.31. The van der Waals surface area contributed by atoms with Crippen LogP contribution < -0.4 is 4.90 Å². The van der Waals surface area contributed by atoms with Gasteiger partial charge in [-0.3, -0.25) is 4.79 Å². The highest BCUT2D eigenvalue weighted by molar-refractivity contribution is 5.94. The predicted octanol–water partition coefficient (Wildman–Crippen LogP) is 3.36. The van der Waals surface area contributed by atoms with Crippen LogP contribution in [-0.2, 0) is 0 Å². The van der Waals surface area contributed by atoms with E-state index in [1.165, 1.54) is 19.0 Å². The molecular weight excluding hydrogens is 319 g/mol. The molecule has 2 heterocycles. The van der Waals surface area contributed by atoms with Gasteiger partial charge in [-0.1, -0.05) is 25.0 Å². The van der Waals surface area contributed by atoms with Gasteiger partial charge in [-0.2, -0.15) is 0 Å². The highest BCUT2D eigenvalue weighted by Crippen LogP contribution is 2.21. The molecule has 0 saturated carbocycles. The van der Waals surface area contributed by atoms with Gasteiger partial charge in [0.05, 0.1) is 6.20 Å². The number of likely N-dealkylation sites (tertiary alicyclic amines) is 1. The molecule has 1 amide bonds. The number of benzene rings is 1. The van der Waals surface area contributed by atoms with E-state index < -0.39 is 5.82 Å². The van der Waals surface area contributed by atoms with E-state index in [2.05, 4.69) is 9.97 Å². The van der Waals surface area contributed by atoms with Crippen LogP contribution in [0.1, 0.15) is 36.0 Å². The van der Waals surface area contributed by atoms with E-state index in [4.69, 9.17) is 0 Å². The maximum absolute atomic E-state index is 13.7. The highest BCUT2D eigenvalue weighted by atomic mass is 19.1. The molecule has 0 N–H and O–H groups in total. The van der Waals surface area contributed by atoms with Crippen molar-refractivity contribution in [3.05, 3.63) is 41.8 Å². The minimum atomic E-state index is -0.457. The third kappa shape index (κ3) is 3.95. The lowest BCUT2D eigenvalue weighted by molar-refractivity contribution is 0.0761. The van der Waals surface area contributed by atoms with Gasteiger partial charge in [0.25, 0.3) is 5.91 Å². The van der Waals surface area contributed by atoms with Gasteiger partial charge in [-0.25, -0.2) is 14.4 Å². The molecule has 0 unspecified atom stereocenters. The second-order valence-electron chi connectivity index (χ2n) is 6.54. The molecular formula is C19H23FN4O. The number of amides is 1. The molecule has 0 spiro atoms. The summed E-state index contributed by atoms with van der Waals surface area (Å²) in [7, 11) is 3.47. The normalized spacial score (nSPS) is 14.9. The van der Waals surface area contributed by atoms with Gasteiger partial charge in [-0.05, 0) is 25.0 Å². The topological polar surface area (TPSA) is 49.3 Å². The average Bonchev–Trinajstić information content (AvgIpc) is 2.91. The van der Waals surface area contributed by atoms with Crippen molar-refractivity contribution in [3.63, 3.8) is 0 Å². The second-order valence-corrected chi connectivity index (χ2v) is 6.54. The third-order valence-electron chi connectivity index (χ3n) is 4.43. The molecule has 1 aliphatic rings. The second kappa shape index (κ2) is 7.59. The summed E-state index contributed by atoms with van der Waals surface area (Å²) in [6, 6.07) is 7.23. The van der Waals surface area contributed by atoms with Crippen molar-refractivity contribution in [2.45, 2.75) is 25.7 Å². The van der Waals surface area contributed by atoms with Crippen LogP contribution in [0.2, 0.25) is 0 Å². The number of aromatic nitrogens is 2. The van der Waals surface area contributed by atoms with E-state index in [-0.39, 0.29) is 11.7 Å². The number of carbonyl (C=O) groups excluding carboxylic acids is 1. The molecule has 132 valence electrons. The van der Waals surface area contributed by atoms with Crippen molar-refractivity contribution in [1.29, 1.82) is 0 Å². The zero-order chi connectivity index (χ0) is 17.8. The fourth-order valence-corrected chi connectivity index (χ4v) is 3.03. The lowest BCUT2D eigenvalue weighted by Gasteiger charge is -2.20. The molecule has 6 heteroatoms. The number of nitrogens with zero attached hydrogens (tertiary/aromatic N) is 4. The number of rotatable bonds is 3. The van der Waals surface area contributed by atoms with Crippen LogP contribution in [0, 0.1) is 5.82 Å². The van der Waals surface area contributed by atoms with Crippen molar-refractivity contribution in [3.8, 4) is 11.4 Å². The first kappa shape index (κ1) is 17.3. The summed E-state index contributed by atoms with van der Waals surface area (Å²) in [5.74, 6) is 0.303. The quantitative estimate of drug-likeness (QED) is 0.858. The zero-order valence-corrected chi connectivity index (χ0v) is 14.7. The Hall–Kier alpha value is -2.50. The van der Waals surface area contributed by atoms with E-state index in [0.717, 1.165) is 31.5 Å². The summed E-state index contributed by atoms with van der Waals surface area (Å²) >= 11 is 0. The van der Waals surface area contributed by atoms with E-state index >= 15 is 0 Å². The molecule has 1 aliphatic heterocycles. The summed E-state index contributed by atoms with van der Waals surface area (Å²) in [4.78, 5) is 24.5. The number of hydrogen-bond acceptors (Lipinski definition) is 4. The molecule has 25 heavy (non-hydrogen) atoms. The van der Waals surface area contributed by atoms with E-state index in [1.54, 1.807) is 31.1 Å². The molecule has 1 aromatic heterocycles. The van der Waals surface area contributed by atoms with Crippen LogP contribution in [0.25, 0.3) is 11.4 Å². The Bertz CT molecular complexity index is 738. The average molecular weight is 342 g/mol. The minimum Gasteiger partial charge on any atom is -0.360 e. The van der Waals surface area contributed by atoms with Crippen molar-refractivity contribution in [2.75, 3.05) is 32.1 Å². The zero-order valence-electron chi connectivity index (χ0n) is 14.7. The Morgan fingerprint density at radius 3 is 2.32 bits per heavy atom. The Balaban J connectivity index is 1.80. The highest BCUT2D eigenvalue weighted by Gasteiger charge is 2.17. The maximum Gasteiger partial charge on any atom is 0.253 e. The van der Waals surface area contributed by atoms with Gasteiger partial charge in [-0.15, -0.1) is 0 Å². The Morgan fingerprint density at radius 1 is 1.08 bits per heavy atom. The van der Waals surface area contributed by atoms with Gasteiger partial charge >= 0.3 is 0 Å². The fraction of sp³-hybridized carbons (Fsp3) is 0.421. The SMILES string of the molecule is CN(C)c1nc(-c2ccc(C(=O)N3CCCCCC3)cc2)ncc1F. The molecule has 1 fully saturated rings. The molecule has 2 aromatic rings. The Labute approximate surface area is 147 Å². The van der Waals surface area contributed by atoms with Crippen LogP contribution in [0.3, 0.4) is 0 Å². The molecule has 1 saturated heterocycles. The van der Waals surface area contributed by atoms with E-state index in [0.29, 0.717) is 11.4 Å². The van der Waals surface area contributed by atoms with E-state index in [9.17, 15) is 9.18 Å². The minimum absolute atomic E-state index is 0.0717. The number of halogens is 1. The number of hydrogen-bond donors (Lipinski definition) is 0. The van der Waals surface area contributed by atoms with Gasteiger partial charge in [0.1, 0.15) is 0 Å². The largest absolute Gasteiger partial charge is 0.360 e. The monoisotopic (exact) mass is 342 g/mol. The van der Waals surface area contributed by atoms with Crippen LogP contribution in [0.4, 0.5) is 10.2 Å². The van der Waals surface area contributed by atoms with Crippen LogP contribution in [-0.4, -0.2) is 48.0 Å². The molecule has 0 atom stereocenters. The third-order valence-corrected chi connectivity index (χ3v) is 4.43. The standard InChI is InChI=1S/C19H23FN4O/c1-23(2)18-16(20)13-21-17(22-18)14-7-9-15(10-8-14)19(25)24-11-5-3-4-6-12-24/h7-10,13H,3-6,11-12H2,1-2H3. The summed E-state index contributed by atoms with van der Waals surface area (Å²) in [6.07, 6.45) is 5.70. The van der Waals surface area contributed by atoms with Crippen molar-refractivity contribution < 1.29 is 9.18 Å². The summed E-state index contributed by atoms with van der Waals surface area (Å²) in [5, 5.41) is 0. The van der Waals surface area contributed by atoms with Gasteiger partial charge in [0.15, 0.2) is 17.5 Å². The fourth-order valence-electron chi connectivity index (χ4n) is 3.03. The summed E-state index contributed by atoms with van der Waals surface area (Å²) in [5.41, 5.74) is 1.43. The predicted molar refractivity (Wildman–Crippen MR) is 96.1 cm³/mol. The molecule has 1 aromatic carbocycles. The van der Waals surface area contributed by atoms with Crippen molar-refractivity contribution in [2.24, 2.45) is 0 Å². The van der Waals surface area contributed by atoms with Crippen LogP contribution >= 0.6 is 0 Å². The van der Waals surface area contributed by atoms with Crippen LogP contribution in [0.15, 0.2) is 30.5 Å². The molecule has 0 bridgehead atoms.